The van der Waals surface area contributed by atoms with Crippen molar-refractivity contribution >= 4 is 28.7 Å². The van der Waals surface area contributed by atoms with Crippen LogP contribution in [0.1, 0.15) is 26.3 Å². The van der Waals surface area contributed by atoms with Crippen molar-refractivity contribution in [2.24, 2.45) is 0 Å². The van der Waals surface area contributed by atoms with Crippen LogP contribution in [0.5, 0.6) is 0 Å². The summed E-state index contributed by atoms with van der Waals surface area (Å²) in [5, 5.41) is 2.58. The largest absolute Gasteiger partial charge is 0.444 e. The van der Waals surface area contributed by atoms with Crippen LogP contribution in [0.15, 0.2) is 24.3 Å². The summed E-state index contributed by atoms with van der Waals surface area (Å²) in [5.74, 6) is 5.84. The lowest BCUT2D eigenvalue weighted by Crippen LogP contribution is -2.32. The molecule has 1 aromatic carbocycles. The van der Waals surface area contributed by atoms with Crippen molar-refractivity contribution in [1.29, 1.82) is 0 Å². The van der Waals surface area contributed by atoms with Crippen LogP contribution >= 0.6 is 22.6 Å². The van der Waals surface area contributed by atoms with E-state index in [1.54, 1.807) is 0 Å². The molecule has 1 N–H and O–H groups in total. The summed E-state index contributed by atoms with van der Waals surface area (Å²) < 4.78 is 6.26. The zero-order valence-electron chi connectivity index (χ0n) is 10.7. The summed E-state index contributed by atoms with van der Waals surface area (Å²) in [7, 11) is 0. The molecule has 1 amide bonds. The molecule has 0 saturated carbocycles. The Balaban J connectivity index is 2.38. The number of rotatable bonds is 1. The number of hydrogen-bond donors (Lipinski definition) is 1. The number of ether oxygens (including phenoxy) is 1. The highest BCUT2D eigenvalue weighted by Gasteiger charge is 2.14. The molecule has 0 atom stereocenters. The van der Waals surface area contributed by atoms with Crippen molar-refractivity contribution in [3.63, 3.8) is 0 Å². The number of alkyl carbamates (subject to hydrolysis) is 1. The van der Waals surface area contributed by atoms with E-state index in [1.807, 2.05) is 45.0 Å². The van der Waals surface area contributed by atoms with Crippen molar-refractivity contribution in [1.82, 2.24) is 5.32 Å². The Hall–Kier alpha value is -1.22. The molecule has 0 aliphatic heterocycles. The minimum Gasteiger partial charge on any atom is -0.444 e. The molecule has 4 heteroatoms. The molecular formula is C14H16INO2. The van der Waals surface area contributed by atoms with E-state index in [4.69, 9.17) is 4.74 Å². The molecule has 3 nitrogen and oxygen atoms in total. The standard InChI is InChI=1S/C14H16INO2/c1-14(2,3)18-13(17)16-10-4-5-11-6-8-12(15)9-7-11/h6-9H,10H2,1-3H3,(H,16,17). The average Bonchev–Trinajstić information content (AvgIpc) is 2.24. The van der Waals surface area contributed by atoms with Crippen LogP contribution in [0.25, 0.3) is 0 Å². The van der Waals surface area contributed by atoms with Gasteiger partial charge in [0, 0.05) is 9.13 Å². The molecule has 1 aromatic rings. The van der Waals surface area contributed by atoms with E-state index >= 15 is 0 Å². The Labute approximate surface area is 121 Å². The van der Waals surface area contributed by atoms with Crippen LogP contribution in [-0.4, -0.2) is 18.2 Å². The van der Waals surface area contributed by atoms with E-state index < -0.39 is 11.7 Å². The summed E-state index contributed by atoms with van der Waals surface area (Å²) in [6.07, 6.45) is -0.445. The topological polar surface area (TPSA) is 38.3 Å². The molecule has 0 saturated heterocycles. The first-order valence-corrected chi connectivity index (χ1v) is 6.66. The van der Waals surface area contributed by atoms with Gasteiger partial charge < -0.3 is 10.1 Å². The van der Waals surface area contributed by atoms with Gasteiger partial charge in [-0.1, -0.05) is 11.8 Å². The lowest BCUT2D eigenvalue weighted by atomic mass is 10.2. The van der Waals surface area contributed by atoms with Gasteiger partial charge >= 0.3 is 6.09 Å². The molecule has 0 aromatic heterocycles. The Bertz CT molecular complexity index is 463. The molecule has 18 heavy (non-hydrogen) atoms. The van der Waals surface area contributed by atoms with Crippen LogP contribution in [0, 0.1) is 15.4 Å². The summed E-state index contributed by atoms with van der Waals surface area (Å²) >= 11 is 2.24. The van der Waals surface area contributed by atoms with Crippen molar-refractivity contribution < 1.29 is 9.53 Å². The molecular weight excluding hydrogens is 341 g/mol. The van der Waals surface area contributed by atoms with E-state index in [0.717, 1.165) is 5.56 Å². The molecule has 0 bridgehead atoms. The number of nitrogens with one attached hydrogen (secondary N) is 1. The zero-order valence-corrected chi connectivity index (χ0v) is 12.9. The summed E-state index contributed by atoms with van der Waals surface area (Å²) in [4.78, 5) is 11.3. The van der Waals surface area contributed by atoms with E-state index in [1.165, 1.54) is 3.57 Å². The number of halogens is 1. The fourth-order valence-corrected chi connectivity index (χ4v) is 1.47. The third-order valence-electron chi connectivity index (χ3n) is 1.80. The number of carbonyl (C=O) groups excluding carboxylic acids is 1. The van der Waals surface area contributed by atoms with Gasteiger partial charge in [-0.15, -0.1) is 0 Å². The number of amides is 1. The molecule has 0 radical (unpaired) electrons. The minimum atomic E-state index is -0.479. The maximum absolute atomic E-state index is 11.3. The molecule has 1 rings (SSSR count). The third-order valence-corrected chi connectivity index (χ3v) is 2.52. The van der Waals surface area contributed by atoms with Crippen LogP contribution in [0.3, 0.4) is 0 Å². The smallest absolute Gasteiger partial charge is 0.408 e. The first kappa shape index (κ1) is 14.8. The summed E-state index contributed by atoms with van der Waals surface area (Å²) in [6, 6.07) is 7.88. The van der Waals surface area contributed by atoms with Crippen LogP contribution < -0.4 is 5.32 Å². The van der Waals surface area contributed by atoms with Crippen molar-refractivity contribution in [3.8, 4) is 11.8 Å². The van der Waals surface area contributed by atoms with Crippen molar-refractivity contribution in [2.45, 2.75) is 26.4 Å². The Morgan fingerprint density at radius 3 is 2.50 bits per heavy atom. The van der Waals surface area contributed by atoms with Crippen molar-refractivity contribution in [2.75, 3.05) is 6.54 Å². The van der Waals surface area contributed by atoms with Crippen LogP contribution in [0.4, 0.5) is 4.79 Å². The second-order valence-electron chi connectivity index (χ2n) is 4.66. The Kier molecular flexibility index (Phi) is 5.48. The molecule has 96 valence electrons. The Morgan fingerprint density at radius 1 is 1.33 bits per heavy atom. The van der Waals surface area contributed by atoms with Gasteiger partial charge in [0.1, 0.15) is 5.60 Å². The predicted octanol–water partition coefficient (Wildman–Crippen LogP) is 3.17. The SMILES string of the molecule is CC(C)(C)OC(=O)NCC#Cc1ccc(I)cc1. The molecule has 0 aliphatic carbocycles. The van der Waals surface area contributed by atoms with Gasteiger partial charge in [0.2, 0.25) is 0 Å². The highest BCUT2D eigenvalue weighted by Crippen LogP contribution is 2.06. The van der Waals surface area contributed by atoms with Gasteiger partial charge in [-0.2, -0.15) is 0 Å². The van der Waals surface area contributed by atoms with E-state index in [9.17, 15) is 4.79 Å². The molecule has 0 aliphatic rings. The lowest BCUT2D eigenvalue weighted by molar-refractivity contribution is 0.0535. The first-order valence-electron chi connectivity index (χ1n) is 5.58. The van der Waals surface area contributed by atoms with E-state index in [2.05, 4.69) is 39.7 Å². The monoisotopic (exact) mass is 357 g/mol. The zero-order chi connectivity index (χ0) is 13.6. The van der Waals surface area contributed by atoms with Gasteiger partial charge in [0.15, 0.2) is 0 Å². The fourth-order valence-electron chi connectivity index (χ4n) is 1.11. The number of carbonyl (C=O) groups is 1. The van der Waals surface area contributed by atoms with Crippen molar-refractivity contribution in [3.05, 3.63) is 33.4 Å². The fraction of sp³-hybridized carbons (Fsp3) is 0.357. The Morgan fingerprint density at radius 2 is 1.94 bits per heavy atom. The van der Waals surface area contributed by atoms with Crippen LogP contribution in [0.2, 0.25) is 0 Å². The second kappa shape index (κ2) is 6.64. The van der Waals surface area contributed by atoms with Crippen LogP contribution in [-0.2, 0) is 4.74 Å². The highest BCUT2D eigenvalue weighted by atomic mass is 127. The van der Waals surface area contributed by atoms with Gasteiger partial charge in [0.05, 0.1) is 6.54 Å². The highest BCUT2D eigenvalue weighted by molar-refractivity contribution is 14.1. The first-order chi connectivity index (χ1) is 8.37. The normalized spacial score (nSPS) is 10.2. The maximum atomic E-state index is 11.3. The molecule has 0 heterocycles. The van der Waals surface area contributed by atoms with Gasteiger partial charge in [-0.3, -0.25) is 0 Å². The quantitative estimate of drug-likeness (QED) is 0.619. The number of benzene rings is 1. The number of hydrogen-bond acceptors (Lipinski definition) is 2. The van der Waals surface area contributed by atoms with E-state index in [-0.39, 0.29) is 6.54 Å². The molecule has 0 fully saturated rings. The lowest BCUT2D eigenvalue weighted by Gasteiger charge is -2.18. The predicted molar refractivity (Wildman–Crippen MR) is 80.3 cm³/mol. The van der Waals surface area contributed by atoms with Gasteiger partial charge in [-0.25, -0.2) is 4.79 Å². The van der Waals surface area contributed by atoms with E-state index in [0.29, 0.717) is 0 Å². The van der Waals surface area contributed by atoms with Gasteiger partial charge in [0.25, 0.3) is 0 Å². The molecule has 0 unspecified atom stereocenters. The van der Waals surface area contributed by atoms with Gasteiger partial charge in [-0.05, 0) is 67.6 Å². The average molecular weight is 357 g/mol. The maximum Gasteiger partial charge on any atom is 0.408 e. The molecule has 0 spiro atoms. The third kappa shape index (κ3) is 6.50. The minimum absolute atomic E-state index is 0.279. The summed E-state index contributed by atoms with van der Waals surface area (Å²) in [5.41, 5.74) is 0.453. The second-order valence-corrected chi connectivity index (χ2v) is 5.91. The summed E-state index contributed by atoms with van der Waals surface area (Å²) in [6.45, 7) is 5.75.